The average Bonchev–Trinajstić information content (AvgIpc) is 3.32. The van der Waals surface area contributed by atoms with Gasteiger partial charge < -0.3 is 15.2 Å². The summed E-state index contributed by atoms with van der Waals surface area (Å²) in [6.07, 6.45) is 0.688. The molecule has 4 aromatic rings. The van der Waals surface area contributed by atoms with E-state index in [1.54, 1.807) is 28.8 Å². The van der Waals surface area contributed by atoms with Crippen molar-refractivity contribution < 1.29 is 19.4 Å². The van der Waals surface area contributed by atoms with E-state index in [9.17, 15) is 14.7 Å². The number of benzene rings is 3. The first-order valence-electron chi connectivity index (χ1n) is 11.3. The van der Waals surface area contributed by atoms with Gasteiger partial charge >= 0.3 is 5.97 Å². The molecule has 1 aromatic heterocycles. The highest BCUT2D eigenvalue weighted by Gasteiger charge is 2.20. The topological polar surface area (TPSA) is 106 Å². The fourth-order valence-electron chi connectivity index (χ4n) is 3.39. The van der Waals surface area contributed by atoms with E-state index >= 15 is 0 Å². The number of para-hydroxylation sites is 1. The summed E-state index contributed by atoms with van der Waals surface area (Å²) in [6, 6.07) is 19.1. The molecule has 0 radical (unpaired) electrons. The van der Waals surface area contributed by atoms with Crippen LogP contribution in [0, 0.1) is 0 Å². The Hall–Kier alpha value is -3.34. The second-order valence-electron chi connectivity index (χ2n) is 7.81. The van der Waals surface area contributed by atoms with Crippen molar-refractivity contribution in [3.8, 4) is 22.8 Å². The van der Waals surface area contributed by atoms with Crippen LogP contribution < -0.4 is 5.32 Å². The Kier molecular flexibility index (Phi) is 8.86. The maximum Gasteiger partial charge on any atom is 0.339 e. The van der Waals surface area contributed by atoms with Crippen molar-refractivity contribution in [1.82, 2.24) is 14.8 Å². The number of aromatic hydroxyl groups is 1. The number of aromatic nitrogens is 3. The Balaban J connectivity index is 1.54. The number of phenols is 1. The summed E-state index contributed by atoms with van der Waals surface area (Å²) < 4.78 is 7.71. The third-order valence-electron chi connectivity index (χ3n) is 5.09. The highest BCUT2D eigenvalue weighted by atomic mass is 79.9. The summed E-state index contributed by atoms with van der Waals surface area (Å²) in [7, 11) is 0. The van der Waals surface area contributed by atoms with Crippen LogP contribution in [0.1, 0.15) is 23.7 Å². The van der Waals surface area contributed by atoms with Gasteiger partial charge in [-0.2, -0.15) is 0 Å². The number of nitrogens with one attached hydrogen (secondary N) is 1. The van der Waals surface area contributed by atoms with Crippen molar-refractivity contribution >= 4 is 56.9 Å². The Labute approximate surface area is 231 Å². The Morgan fingerprint density at radius 2 is 1.89 bits per heavy atom. The van der Waals surface area contributed by atoms with Gasteiger partial charge in [0.05, 0.1) is 28.5 Å². The fraction of sp³-hybridized carbons (Fsp3) is 0.154. The number of hydrogen-bond donors (Lipinski definition) is 2. The minimum absolute atomic E-state index is 0.0215. The van der Waals surface area contributed by atoms with E-state index in [-0.39, 0.29) is 34.6 Å². The number of rotatable bonds is 9. The van der Waals surface area contributed by atoms with Crippen LogP contribution >= 0.6 is 39.3 Å². The molecule has 0 aliphatic rings. The van der Waals surface area contributed by atoms with E-state index in [1.807, 2.05) is 37.3 Å². The molecule has 0 saturated carbocycles. The molecular weight excluding hydrogens is 580 g/mol. The van der Waals surface area contributed by atoms with E-state index in [0.29, 0.717) is 28.7 Å². The largest absolute Gasteiger partial charge is 0.507 e. The lowest BCUT2D eigenvalue weighted by Gasteiger charge is -2.12. The number of ether oxygens (including phenoxy) is 1. The van der Waals surface area contributed by atoms with Gasteiger partial charge in [0.15, 0.2) is 11.0 Å². The average molecular weight is 602 g/mol. The van der Waals surface area contributed by atoms with E-state index in [4.69, 9.17) is 16.3 Å². The lowest BCUT2D eigenvalue weighted by atomic mass is 10.2. The van der Waals surface area contributed by atoms with Gasteiger partial charge in [0.25, 0.3) is 0 Å². The first-order valence-corrected chi connectivity index (χ1v) is 13.4. The van der Waals surface area contributed by atoms with Gasteiger partial charge in [-0.25, -0.2) is 4.79 Å². The van der Waals surface area contributed by atoms with Crippen molar-refractivity contribution in [2.75, 3.05) is 17.7 Å². The van der Waals surface area contributed by atoms with Crippen LogP contribution in [0.25, 0.3) is 17.1 Å². The molecule has 3 aromatic carbocycles. The molecule has 11 heteroatoms. The van der Waals surface area contributed by atoms with Crippen molar-refractivity contribution in [2.24, 2.45) is 0 Å². The highest BCUT2D eigenvalue weighted by Crippen LogP contribution is 2.34. The van der Waals surface area contributed by atoms with E-state index in [0.717, 1.165) is 10.2 Å². The molecular formula is C26H22BrClN4O4S. The van der Waals surface area contributed by atoms with Crippen molar-refractivity contribution in [3.05, 3.63) is 81.8 Å². The smallest absolute Gasteiger partial charge is 0.339 e. The molecule has 0 aliphatic heterocycles. The molecule has 0 atom stereocenters. The minimum Gasteiger partial charge on any atom is -0.507 e. The summed E-state index contributed by atoms with van der Waals surface area (Å²) in [5.41, 5.74) is 1.87. The normalized spacial score (nSPS) is 10.8. The number of halogens is 2. The Bertz CT molecular complexity index is 1430. The van der Waals surface area contributed by atoms with E-state index in [2.05, 4.69) is 31.4 Å². The van der Waals surface area contributed by atoms with Gasteiger partial charge in [-0.05, 0) is 55.0 Å². The van der Waals surface area contributed by atoms with Gasteiger partial charge in [-0.3, -0.25) is 9.36 Å². The van der Waals surface area contributed by atoms with Crippen LogP contribution in [-0.2, 0) is 9.53 Å². The molecule has 1 amide bonds. The maximum absolute atomic E-state index is 12.8. The molecule has 37 heavy (non-hydrogen) atoms. The quantitative estimate of drug-likeness (QED) is 0.170. The number of carbonyl (C=O) groups is 2. The third kappa shape index (κ3) is 6.51. The predicted octanol–water partition coefficient (Wildman–Crippen LogP) is 6.35. The molecule has 190 valence electrons. The van der Waals surface area contributed by atoms with E-state index in [1.165, 1.54) is 23.9 Å². The predicted molar refractivity (Wildman–Crippen MR) is 148 cm³/mol. The van der Waals surface area contributed by atoms with Gasteiger partial charge in [0.1, 0.15) is 5.75 Å². The summed E-state index contributed by atoms with van der Waals surface area (Å²) in [6.45, 7) is 2.18. The summed E-state index contributed by atoms with van der Waals surface area (Å²) in [4.78, 5) is 25.0. The lowest BCUT2D eigenvalue weighted by Crippen LogP contribution is -2.15. The monoisotopic (exact) mass is 600 g/mol. The number of nitrogens with zero attached hydrogens (tertiary/aromatic N) is 3. The molecule has 8 nitrogen and oxygen atoms in total. The molecule has 0 fully saturated rings. The SMILES string of the molecule is CCCOC(=O)c1cc(NC(=O)CSc2nnc(-c3cc(Br)ccc3O)n2-c2ccccc2)ccc1Cl. The fourth-order valence-corrected chi connectivity index (χ4v) is 4.70. The van der Waals surface area contributed by atoms with Crippen molar-refractivity contribution in [2.45, 2.75) is 18.5 Å². The Morgan fingerprint density at radius 1 is 1.11 bits per heavy atom. The number of carbonyl (C=O) groups excluding carboxylic acids is 2. The molecule has 0 spiro atoms. The number of hydrogen-bond acceptors (Lipinski definition) is 7. The van der Waals surface area contributed by atoms with Gasteiger partial charge in [-0.1, -0.05) is 64.4 Å². The molecule has 4 rings (SSSR count). The molecule has 1 heterocycles. The second-order valence-corrected chi connectivity index (χ2v) is 10.1. The zero-order valence-corrected chi connectivity index (χ0v) is 22.8. The van der Waals surface area contributed by atoms with Crippen molar-refractivity contribution in [3.63, 3.8) is 0 Å². The number of esters is 1. The molecule has 0 bridgehead atoms. The molecule has 2 N–H and O–H groups in total. The first kappa shape index (κ1) is 26.7. The number of amides is 1. The number of phenolic OH excluding ortho intramolecular Hbond substituents is 1. The van der Waals surface area contributed by atoms with Crippen molar-refractivity contribution in [1.29, 1.82) is 0 Å². The summed E-state index contributed by atoms with van der Waals surface area (Å²) >= 11 is 10.8. The Morgan fingerprint density at radius 3 is 2.65 bits per heavy atom. The van der Waals surface area contributed by atoms with Crippen LogP contribution in [0.3, 0.4) is 0 Å². The second kappa shape index (κ2) is 12.3. The zero-order valence-electron chi connectivity index (χ0n) is 19.6. The highest BCUT2D eigenvalue weighted by molar-refractivity contribution is 9.10. The van der Waals surface area contributed by atoms with E-state index < -0.39 is 5.97 Å². The summed E-state index contributed by atoms with van der Waals surface area (Å²) in [5.74, 6) is -0.349. The van der Waals surface area contributed by atoms with Crippen LogP contribution in [0.4, 0.5) is 5.69 Å². The molecule has 0 unspecified atom stereocenters. The van der Waals surface area contributed by atoms with Crippen LogP contribution in [0.2, 0.25) is 5.02 Å². The lowest BCUT2D eigenvalue weighted by molar-refractivity contribution is -0.113. The van der Waals surface area contributed by atoms with Crippen LogP contribution in [-0.4, -0.2) is 44.1 Å². The maximum atomic E-state index is 12.8. The number of anilines is 1. The third-order valence-corrected chi connectivity index (χ3v) is 6.84. The number of thioether (sulfide) groups is 1. The van der Waals surface area contributed by atoms with Crippen LogP contribution in [0.15, 0.2) is 76.4 Å². The van der Waals surface area contributed by atoms with Gasteiger partial charge in [-0.15, -0.1) is 10.2 Å². The summed E-state index contributed by atoms with van der Waals surface area (Å²) in [5, 5.41) is 22.5. The van der Waals surface area contributed by atoms with Gasteiger partial charge in [0, 0.05) is 15.8 Å². The van der Waals surface area contributed by atoms with Crippen LogP contribution in [0.5, 0.6) is 5.75 Å². The molecule has 0 aliphatic carbocycles. The standard InChI is InChI=1S/C26H22BrClN4O4S/c1-2-12-36-25(35)19-14-17(9-10-21(19)28)29-23(34)15-37-26-31-30-24(20-13-16(27)8-11-22(20)33)32(26)18-6-4-3-5-7-18/h3-11,13-14,33H,2,12,15H2,1H3,(H,29,34). The molecule has 0 saturated heterocycles. The van der Waals surface area contributed by atoms with Gasteiger partial charge in [0.2, 0.25) is 5.91 Å². The zero-order chi connectivity index (χ0) is 26.4. The minimum atomic E-state index is -0.545. The first-order chi connectivity index (χ1) is 17.9.